The molecule has 1 saturated heterocycles. The topological polar surface area (TPSA) is 86.3 Å². The third kappa shape index (κ3) is 3.05. The van der Waals surface area contributed by atoms with Crippen molar-refractivity contribution in [2.75, 3.05) is 19.7 Å². The summed E-state index contributed by atoms with van der Waals surface area (Å²) in [6.45, 7) is 3.26. The Balaban J connectivity index is 1.41. The lowest BCUT2D eigenvalue weighted by atomic mass is 10.1. The normalized spacial score (nSPS) is 16.9. The number of para-hydroxylation sites is 1. The molecule has 0 spiro atoms. The molecule has 30 heavy (non-hydrogen) atoms. The third-order valence-electron chi connectivity index (χ3n) is 5.62. The molecule has 0 unspecified atom stereocenters. The molecule has 152 valence electrons. The molecule has 1 aliphatic rings. The summed E-state index contributed by atoms with van der Waals surface area (Å²) in [4.78, 5) is 23.7. The van der Waals surface area contributed by atoms with Crippen LogP contribution in [-0.2, 0) is 11.8 Å². The largest absolute Gasteiger partial charge is 0.365 e. The molecular weight excluding hydrogens is 382 g/mol. The van der Waals surface area contributed by atoms with Crippen molar-refractivity contribution >= 4 is 16.8 Å². The number of nitrogens with zero attached hydrogens (tertiary/aromatic N) is 5. The molecule has 0 saturated carbocycles. The van der Waals surface area contributed by atoms with Gasteiger partial charge in [-0.1, -0.05) is 23.4 Å². The van der Waals surface area contributed by atoms with Gasteiger partial charge in [-0.25, -0.2) is 0 Å². The van der Waals surface area contributed by atoms with Crippen molar-refractivity contribution in [3.05, 3.63) is 65.9 Å². The van der Waals surface area contributed by atoms with Gasteiger partial charge in [-0.3, -0.25) is 9.78 Å². The zero-order valence-electron chi connectivity index (χ0n) is 16.8. The number of benzene rings is 1. The maximum Gasteiger partial charge on any atom is 0.257 e. The second kappa shape index (κ2) is 7.38. The molecule has 0 aliphatic carbocycles. The van der Waals surface area contributed by atoms with Crippen LogP contribution in [-0.4, -0.2) is 50.2 Å². The smallest absolute Gasteiger partial charge is 0.257 e. The van der Waals surface area contributed by atoms with Crippen LogP contribution in [0, 0.1) is 6.92 Å². The van der Waals surface area contributed by atoms with Crippen LogP contribution < -0.4 is 0 Å². The molecule has 1 fully saturated rings. The molecular formula is C22H21N5O3. The first-order valence-electron chi connectivity index (χ1n) is 9.82. The van der Waals surface area contributed by atoms with Crippen LogP contribution in [0.5, 0.6) is 0 Å². The maximum absolute atomic E-state index is 13.4. The Morgan fingerprint density at radius 3 is 2.80 bits per heavy atom. The number of amides is 1. The molecule has 8 nitrogen and oxygen atoms in total. The predicted molar refractivity (Wildman–Crippen MR) is 110 cm³/mol. The van der Waals surface area contributed by atoms with E-state index in [4.69, 9.17) is 9.26 Å². The summed E-state index contributed by atoms with van der Waals surface area (Å²) in [6.07, 6.45) is 2.89. The SMILES string of the molecule is Cc1c(C(=O)N2CCO[C@H](c3nc(-c4ccncc4)no3)C2)c2ccccc2n1C. The van der Waals surface area contributed by atoms with Crippen molar-refractivity contribution in [1.29, 1.82) is 0 Å². The second-order valence-corrected chi connectivity index (χ2v) is 7.34. The average Bonchev–Trinajstić information content (AvgIpc) is 3.38. The van der Waals surface area contributed by atoms with Crippen LogP contribution in [0.1, 0.15) is 28.0 Å². The number of ether oxygens (including phenoxy) is 1. The van der Waals surface area contributed by atoms with Crippen molar-refractivity contribution in [3.8, 4) is 11.4 Å². The second-order valence-electron chi connectivity index (χ2n) is 7.34. The first kappa shape index (κ1) is 18.5. The maximum atomic E-state index is 13.4. The van der Waals surface area contributed by atoms with Gasteiger partial charge in [-0.2, -0.15) is 4.98 Å². The minimum Gasteiger partial charge on any atom is -0.365 e. The fourth-order valence-corrected chi connectivity index (χ4v) is 3.92. The molecule has 0 radical (unpaired) electrons. The van der Waals surface area contributed by atoms with Crippen LogP contribution in [0.15, 0.2) is 53.3 Å². The van der Waals surface area contributed by atoms with Crippen molar-refractivity contribution in [2.24, 2.45) is 7.05 Å². The number of hydrogen-bond donors (Lipinski definition) is 0. The lowest BCUT2D eigenvalue weighted by Gasteiger charge is -2.31. The fourth-order valence-electron chi connectivity index (χ4n) is 3.92. The summed E-state index contributed by atoms with van der Waals surface area (Å²) >= 11 is 0. The molecule has 0 N–H and O–H groups in total. The molecule has 8 heteroatoms. The van der Waals surface area contributed by atoms with E-state index in [1.54, 1.807) is 17.3 Å². The van der Waals surface area contributed by atoms with E-state index in [1.807, 2.05) is 50.4 Å². The number of morpholine rings is 1. The van der Waals surface area contributed by atoms with Crippen LogP contribution in [0.25, 0.3) is 22.3 Å². The highest BCUT2D eigenvalue weighted by Crippen LogP contribution is 2.29. The zero-order chi connectivity index (χ0) is 20.7. The molecule has 1 amide bonds. The van der Waals surface area contributed by atoms with Gasteiger partial charge in [-0.05, 0) is 25.1 Å². The first-order chi connectivity index (χ1) is 14.6. The van der Waals surface area contributed by atoms with Gasteiger partial charge in [0.15, 0.2) is 6.10 Å². The molecule has 0 bridgehead atoms. The Labute approximate surface area is 173 Å². The highest BCUT2D eigenvalue weighted by molar-refractivity contribution is 6.08. The monoisotopic (exact) mass is 403 g/mol. The standard InChI is InChI=1S/C22H21N5O3/c1-14-19(16-5-3-4-6-17(16)26(14)2)22(28)27-11-12-29-18(13-27)21-24-20(25-30-21)15-7-9-23-10-8-15/h3-10,18H,11-13H2,1-2H3/t18-/m0/s1. The molecule has 5 rings (SSSR count). The number of fused-ring (bicyclic) bond motifs is 1. The van der Waals surface area contributed by atoms with E-state index >= 15 is 0 Å². The van der Waals surface area contributed by atoms with E-state index in [9.17, 15) is 4.79 Å². The summed E-state index contributed by atoms with van der Waals surface area (Å²) in [7, 11) is 1.98. The molecule has 4 heterocycles. The number of carbonyl (C=O) groups is 1. The van der Waals surface area contributed by atoms with Gasteiger partial charge in [0.2, 0.25) is 5.82 Å². The van der Waals surface area contributed by atoms with Crippen molar-refractivity contribution < 1.29 is 14.1 Å². The van der Waals surface area contributed by atoms with E-state index in [2.05, 4.69) is 19.7 Å². The van der Waals surface area contributed by atoms with Gasteiger partial charge >= 0.3 is 0 Å². The van der Waals surface area contributed by atoms with Crippen molar-refractivity contribution in [2.45, 2.75) is 13.0 Å². The lowest BCUT2D eigenvalue weighted by molar-refractivity contribution is -0.0367. The minimum atomic E-state index is -0.457. The summed E-state index contributed by atoms with van der Waals surface area (Å²) < 4.78 is 13.3. The summed E-state index contributed by atoms with van der Waals surface area (Å²) in [5.74, 6) is 0.838. The van der Waals surface area contributed by atoms with E-state index in [-0.39, 0.29) is 5.91 Å². The molecule has 3 aromatic heterocycles. The van der Waals surface area contributed by atoms with Gasteiger partial charge in [0, 0.05) is 48.1 Å². The van der Waals surface area contributed by atoms with Crippen LogP contribution in [0.3, 0.4) is 0 Å². The van der Waals surface area contributed by atoms with Crippen LogP contribution in [0.2, 0.25) is 0 Å². The van der Waals surface area contributed by atoms with Crippen LogP contribution in [0.4, 0.5) is 0 Å². The Kier molecular flexibility index (Phi) is 4.55. The highest BCUT2D eigenvalue weighted by Gasteiger charge is 2.32. The van der Waals surface area contributed by atoms with Gasteiger partial charge in [0.1, 0.15) is 0 Å². The van der Waals surface area contributed by atoms with E-state index < -0.39 is 6.10 Å². The minimum absolute atomic E-state index is 0.00790. The molecule has 4 aromatic rings. The first-order valence-corrected chi connectivity index (χ1v) is 9.82. The summed E-state index contributed by atoms with van der Waals surface area (Å²) in [5.41, 5.74) is 3.54. The van der Waals surface area contributed by atoms with Crippen LogP contribution >= 0.6 is 0 Å². The number of pyridine rings is 1. The Hall–Kier alpha value is -3.52. The predicted octanol–water partition coefficient (Wildman–Crippen LogP) is 3.15. The van der Waals surface area contributed by atoms with Crippen molar-refractivity contribution in [3.63, 3.8) is 0 Å². The van der Waals surface area contributed by atoms with Gasteiger partial charge in [0.25, 0.3) is 11.8 Å². The quantitative estimate of drug-likeness (QED) is 0.522. The molecule has 1 atom stereocenters. The van der Waals surface area contributed by atoms with Crippen molar-refractivity contribution in [1.82, 2.24) is 24.6 Å². The number of hydrogen-bond acceptors (Lipinski definition) is 6. The number of aryl methyl sites for hydroxylation is 1. The lowest BCUT2D eigenvalue weighted by Crippen LogP contribution is -2.42. The van der Waals surface area contributed by atoms with E-state index in [0.717, 1.165) is 27.7 Å². The third-order valence-corrected chi connectivity index (χ3v) is 5.62. The van der Waals surface area contributed by atoms with Gasteiger partial charge in [0.05, 0.1) is 18.7 Å². The summed E-state index contributed by atoms with van der Waals surface area (Å²) in [5, 5.41) is 5.01. The number of carbonyl (C=O) groups excluding carboxylic acids is 1. The number of aromatic nitrogens is 4. The Bertz CT molecular complexity index is 1210. The van der Waals surface area contributed by atoms with Gasteiger partial charge < -0.3 is 18.7 Å². The van der Waals surface area contributed by atoms with E-state index in [0.29, 0.717) is 31.4 Å². The molecule has 1 aliphatic heterocycles. The highest BCUT2D eigenvalue weighted by atomic mass is 16.5. The molecule has 1 aromatic carbocycles. The Morgan fingerprint density at radius 1 is 1.17 bits per heavy atom. The average molecular weight is 403 g/mol. The zero-order valence-corrected chi connectivity index (χ0v) is 16.8. The summed E-state index contributed by atoms with van der Waals surface area (Å²) in [6, 6.07) is 11.6. The van der Waals surface area contributed by atoms with E-state index in [1.165, 1.54) is 0 Å². The Morgan fingerprint density at radius 2 is 1.97 bits per heavy atom. The number of rotatable bonds is 3. The van der Waals surface area contributed by atoms with Gasteiger partial charge in [-0.15, -0.1) is 0 Å². The fraction of sp³-hybridized carbons (Fsp3) is 0.273.